The molecule has 29 heavy (non-hydrogen) atoms. The van der Waals surface area contributed by atoms with Crippen LogP contribution in [-0.2, 0) is 11.3 Å². The van der Waals surface area contributed by atoms with Gasteiger partial charge in [0.2, 0.25) is 5.95 Å². The highest BCUT2D eigenvalue weighted by atomic mass is 32.1. The van der Waals surface area contributed by atoms with Crippen LogP contribution in [0.1, 0.15) is 24.8 Å². The first kappa shape index (κ1) is 19.8. The fourth-order valence-corrected chi connectivity index (χ4v) is 3.71. The van der Waals surface area contributed by atoms with Crippen LogP contribution in [0.25, 0.3) is 0 Å². The first-order valence-electron chi connectivity index (χ1n) is 10.2. The van der Waals surface area contributed by atoms with Crippen LogP contribution in [0.3, 0.4) is 0 Å². The Bertz CT molecular complexity index is 771. The van der Waals surface area contributed by atoms with Crippen LogP contribution in [-0.4, -0.2) is 59.5 Å². The van der Waals surface area contributed by atoms with Crippen LogP contribution < -0.4 is 20.4 Å². The molecule has 2 fully saturated rings. The molecule has 0 spiro atoms. The Kier molecular flexibility index (Phi) is 6.68. The molecule has 4 heterocycles. The van der Waals surface area contributed by atoms with Gasteiger partial charge in [-0.1, -0.05) is 6.07 Å². The minimum absolute atomic E-state index is 0.498. The Hall–Kier alpha value is -2.52. The summed E-state index contributed by atoms with van der Waals surface area (Å²) >= 11 is 5.46. The fourth-order valence-electron chi connectivity index (χ4n) is 3.55. The number of nitrogens with zero attached hydrogens (tertiary/aromatic N) is 5. The third-order valence-corrected chi connectivity index (χ3v) is 5.36. The van der Waals surface area contributed by atoms with Crippen molar-refractivity contribution in [2.45, 2.75) is 25.8 Å². The van der Waals surface area contributed by atoms with Crippen LogP contribution in [0.4, 0.5) is 17.6 Å². The number of ether oxygens (including phenoxy) is 1. The standard InChI is InChI=1S/C20H27N7OS/c29-20(22-15-16-5-4-6-21-14-16)25-19-23-17(26-7-2-1-3-8-26)13-18(24-19)27-9-11-28-12-10-27/h4-6,13-14H,1-3,7-12,15H2,(H2,22,23,24,25,29). The third kappa shape index (κ3) is 5.51. The lowest BCUT2D eigenvalue weighted by atomic mass is 10.1. The van der Waals surface area contributed by atoms with Crippen molar-refractivity contribution in [2.75, 3.05) is 54.5 Å². The fraction of sp³-hybridized carbons (Fsp3) is 0.500. The predicted molar refractivity (Wildman–Crippen MR) is 118 cm³/mol. The molecule has 0 radical (unpaired) electrons. The first-order valence-corrected chi connectivity index (χ1v) is 10.6. The number of hydrogen-bond donors (Lipinski definition) is 2. The first-order chi connectivity index (χ1) is 14.3. The second-order valence-electron chi connectivity index (χ2n) is 7.22. The number of piperidine rings is 1. The van der Waals surface area contributed by atoms with Gasteiger partial charge in [0.15, 0.2) is 5.11 Å². The van der Waals surface area contributed by atoms with Gasteiger partial charge in [-0.3, -0.25) is 4.98 Å². The second-order valence-corrected chi connectivity index (χ2v) is 7.63. The van der Waals surface area contributed by atoms with Gasteiger partial charge < -0.3 is 25.2 Å². The van der Waals surface area contributed by atoms with E-state index in [0.29, 0.717) is 17.6 Å². The van der Waals surface area contributed by atoms with Crippen LogP contribution in [0.5, 0.6) is 0 Å². The monoisotopic (exact) mass is 413 g/mol. The van der Waals surface area contributed by atoms with Gasteiger partial charge in [0.05, 0.1) is 13.2 Å². The topological polar surface area (TPSA) is 78.4 Å². The molecule has 0 amide bonds. The highest BCUT2D eigenvalue weighted by molar-refractivity contribution is 7.80. The zero-order valence-corrected chi connectivity index (χ0v) is 17.3. The van der Waals surface area contributed by atoms with Gasteiger partial charge in [0.25, 0.3) is 0 Å². The molecule has 154 valence electrons. The van der Waals surface area contributed by atoms with Gasteiger partial charge in [0, 0.05) is 51.2 Å². The number of rotatable bonds is 5. The molecule has 0 aromatic carbocycles. The average Bonchev–Trinajstić information content (AvgIpc) is 2.79. The number of thiocarbonyl (C=S) groups is 1. The summed E-state index contributed by atoms with van der Waals surface area (Å²) in [6.45, 7) is 5.76. The van der Waals surface area contributed by atoms with E-state index in [2.05, 4.69) is 31.5 Å². The molecule has 2 aliphatic rings. The number of pyridine rings is 1. The SMILES string of the molecule is S=C(NCc1cccnc1)Nc1nc(N2CCCCC2)cc(N2CCOCC2)n1. The number of nitrogens with one attached hydrogen (secondary N) is 2. The summed E-state index contributed by atoms with van der Waals surface area (Å²) in [7, 11) is 0. The molecule has 0 saturated carbocycles. The van der Waals surface area contributed by atoms with Crippen LogP contribution in [0, 0.1) is 0 Å². The molecule has 9 heteroatoms. The van der Waals surface area contributed by atoms with Crippen molar-refractivity contribution in [1.82, 2.24) is 20.3 Å². The number of aromatic nitrogens is 3. The van der Waals surface area contributed by atoms with Crippen molar-refractivity contribution >= 4 is 34.9 Å². The van der Waals surface area contributed by atoms with Gasteiger partial charge in [-0.15, -0.1) is 0 Å². The summed E-state index contributed by atoms with van der Waals surface area (Å²) in [6.07, 6.45) is 7.26. The van der Waals surface area contributed by atoms with Crippen molar-refractivity contribution in [1.29, 1.82) is 0 Å². The summed E-state index contributed by atoms with van der Waals surface area (Å²) in [4.78, 5) is 18.2. The molecule has 0 bridgehead atoms. The summed E-state index contributed by atoms with van der Waals surface area (Å²) in [5.74, 6) is 2.40. The Morgan fingerprint density at radius 1 is 1.03 bits per heavy atom. The van der Waals surface area contributed by atoms with E-state index in [4.69, 9.17) is 26.9 Å². The van der Waals surface area contributed by atoms with Crippen LogP contribution in [0.2, 0.25) is 0 Å². The molecule has 0 aliphatic carbocycles. The normalized spacial score (nSPS) is 17.1. The number of morpholine rings is 1. The molecule has 8 nitrogen and oxygen atoms in total. The lowest BCUT2D eigenvalue weighted by molar-refractivity contribution is 0.122. The Balaban J connectivity index is 1.48. The van der Waals surface area contributed by atoms with Gasteiger partial charge in [-0.25, -0.2) is 0 Å². The quantitative estimate of drug-likeness (QED) is 0.717. The summed E-state index contributed by atoms with van der Waals surface area (Å²) in [6, 6.07) is 6.01. The molecule has 4 rings (SSSR count). The Labute approximate surface area is 176 Å². The minimum atomic E-state index is 0.498. The largest absolute Gasteiger partial charge is 0.378 e. The highest BCUT2D eigenvalue weighted by Crippen LogP contribution is 2.24. The van der Waals surface area contributed by atoms with Crippen molar-refractivity contribution in [3.8, 4) is 0 Å². The molecule has 0 unspecified atom stereocenters. The van der Waals surface area contributed by atoms with Crippen LogP contribution >= 0.6 is 12.2 Å². The van der Waals surface area contributed by atoms with E-state index in [1.54, 1.807) is 6.20 Å². The summed E-state index contributed by atoms with van der Waals surface area (Å²) < 4.78 is 5.49. The molecule has 2 aromatic heterocycles. The molecule has 0 atom stereocenters. The van der Waals surface area contributed by atoms with Gasteiger partial charge in [-0.2, -0.15) is 9.97 Å². The lowest BCUT2D eigenvalue weighted by Gasteiger charge is -2.31. The van der Waals surface area contributed by atoms with E-state index < -0.39 is 0 Å². The molecular formula is C20H27N7OS. The van der Waals surface area contributed by atoms with E-state index in [9.17, 15) is 0 Å². The van der Waals surface area contributed by atoms with E-state index in [1.165, 1.54) is 19.3 Å². The van der Waals surface area contributed by atoms with Gasteiger partial charge in [-0.05, 0) is 43.1 Å². The van der Waals surface area contributed by atoms with Crippen molar-refractivity contribution in [3.05, 3.63) is 36.2 Å². The third-order valence-electron chi connectivity index (χ3n) is 5.12. The zero-order chi connectivity index (χ0) is 19.9. The molecule has 2 saturated heterocycles. The lowest BCUT2D eigenvalue weighted by Crippen LogP contribution is -2.38. The highest BCUT2D eigenvalue weighted by Gasteiger charge is 2.19. The second kappa shape index (κ2) is 9.80. The van der Waals surface area contributed by atoms with Gasteiger partial charge >= 0.3 is 0 Å². The van der Waals surface area contributed by atoms with Crippen LogP contribution in [0.15, 0.2) is 30.6 Å². The van der Waals surface area contributed by atoms with Crippen molar-refractivity contribution in [2.24, 2.45) is 0 Å². The Morgan fingerprint density at radius 3 is 2.45 bits per heavy atom. The molecule has 2 aliphatic heterocycles. The average molecular weight is 414 g/mol. The molecule has 2 aromatic rings. The maximum absolute atomic E-state index is 5.49. The molecular weight excluding hydrogens is 386 g/mol. The minimum Gasteiger partial charge on any atom is -0.378 e. The van der Waals surface area contributed by atoms with E-state index in [-0.39, 0.29) is 0 Å². The zero-order valence-electron chi connectivity index (χ0n) is 16.5. The smallest absolute Gasteiger partial charge is 0.232 e. The van der Waals surface area contributed by atoms with E-state index in [1.807, 2.05) is 18.3 Å². The van der Waals surface area contributed by atoms with Crippen molar-refractivity contribution in [3.63, 3.8) is 0 Å². The number of anilines is 3. The predicted octanol–water partition coefficient (Wildman–Crippen LogP) is 2.19. The summed E-state index contributed by atoms with van der Waals surface area (Å²) in [5, 5.41) is 6.86. The van der Waals surface area contributed by atoms with E-state index >= 15 is 0 Å². The maximum Gasteiger partial charge on any atom is 0.232 e. The summed E-state index contributed by atoms with van der Waals surface area (Å²) in [5.41, 5.74) is 1.06. The number of hydrogen-bond acceptors (Lipinski definition) is 7. The maximum atomic E-state index is 5.49. The molecule has 2 N–H and O–H groups in total. The van der Waals surface area contributed by atoms with E-state index in [0.717, 1.165) is 56.6 Å². The van der Waals surface area contributed by atoms with Gasteiger partial charge in [0.1, 0.15) is 11.6 Å². The van der Waals surface area contributed by atoms with Crippen molar-refractivity contribution < 1.29 is 4.74 Å². The Morgan fingerprint density at radius 2 is 1.76 bits per heavy atom.